The maximum Gasteiger partial charge on any atom is 0.196 e. The van der Waals surface area contributed by atoms with Crippen LogP contribution in [0.4, 0.5) is 4.39 Å². The summed E-state index contributed by atoms with van der Waals surface area (Å²) in [7, 11) is 0. The quantitative estimate of drug-likeness (QED) is 0.766. The van der Waals surface area contributed by atoms with Crippen molar-refractivity contribution in [2.75, 3.05) is 5.88 Å². The topological polar surface area (TPSA) is 26.0 Å². The third kappa shape index (κ3) is 2.25. The van der Waals surface area contributed by atoms with Crippen LogP contribution in [0.1, 0.15) is 11.5 Å². The largest absolute Gasteiger partial charge is 0.441 e. The first-order valence-electron chi connectivity index (χ1n) is 4.98. The van der Waals surface area contributed by atoms with E-state index in [2.05, 4.69) is 4.98 Å². The lowest BCUT2D eigenvalue weighted by Crippen LogP contribution is -1.84. The summed E-state index contributed by atoms with van der Waals surface area (Å²) in [5.41, 5.74) is 1.68. The first-order chi connectivity index (χ1) is 7.70. The van der Waals surface area contributed by atoms with Crippen molar-refractivity contribution in [2.24, 2.45) is 0 Å². The van der Waals surface area contributed by atoms with Crippen molar-refractivity contribution in [3.05, 3.63) is 41.7 Å². The van der Waals surface area contributed by atoms with Gasteiger partial charge < -0.3 is 4.42 Å². The van der Waals surface area contributed by atoms with Crippen molar-refractivity contribution in [1.29, 1.82) is 0 Å². The van der Waals surface area contributed by atoms with Crippen LogP contribution in [0, 0.1) is 12.7 Å². The second kappa shape index (κ2) is 4.66. The van der Waals surface area contributed by atoms with E-state index >= 15 is 0 Å². The average Bonchev–Trinajstić information content (AvgIpc) is 2.67. The second-order valence-corrected chi connectivity index (χ2v) is 3.89. The van der Waals surface area contributed by atoms with Gasteiger partial charge in [0.1, 0.15) is 5.82 Å². The van der Waals surface area contributed by atoms with Crippen molar-refractivity contribution in [2.45, 2.75) is 13.3 Å². The van der Waals surface area contributed by atoms with E-state index in [1.54, 1.807) is 12.3 Å². The molecule has 0 bridgehead atoms. The van der Waals surface area contributed by atoms with E-state index in [0.29, 0.717) is 24.0 Å². The third-order valence-corrected chi connectivity index (χ3v) is 2.50. The maximum atomic E-state index is 12.9. The summed E-state index contributed by atoms with van der Waals surface area (Å²) in [6, 6.07) is 4.57. The summed E-state index contributed by atoms with van der Waals surface area (Å²) in [5, 5.41) is 0. The molecule has 0 saturated heterocycles. The molecule has 0 aliphatic rings. The highest BCUT2D eigenvalue weighted by atomic mass is 35.5. The molecule has 0 N–H and O–H groups in total. The summed E-state index contributed by atoms with van der Waals surface area (Å²) in [4.78, 5) is 4.10. The van der Waals surface area contributed by atoms with Crippen LogP contribution >= 0.6 is 11.6 Å². The molecular formula is C12H11ClFNO. The van der Waals surface area contributed by atoms with Crippen LogP contribution in [0.3, 0.4) is 0 Å². The van der Waals surface area contributed by atoms with E-state index in [9.17, 15) is 4.39 Å². The lowest BCUT2D eigenvalue weighted by molar-refractivity contribution is 0.514. The van der Waals surface area contributed by atoms with Crippen molar-refractivity contribution in [1.82, 2.24) is 4.98 Å². The molecular weight excluding hydrogens is 229 g/mol. The van der Waals surface area contributed by atoms with E-state index in [0.717, 1.165) is 11.1 Å². The van der Waals surface area contributed by atoms with E-state index in [1.165, 1.54) is 12.1 Å². The van der Waals surface area contributed by atoms with E-state index in [1.807, 2.05) is 6.92 Å². The molecule has 2 aromatic rings. The van der Waals surface area contributed by atoms with Gasteiger partial charge in [0.25, 0.3) is 0 Å². The number of benzene rings is 1. The molecule has 0 unspecified atom stereocenters. The Hall–Kier alpha value is -1.35. The molecule has 2 nitrogen and oxygen atoms in total. The molecule has 1 aromatic carbocycles. The van der Waals surface area contributed by atoms with Crippen LogP contribution in [0.15, 0.2) is 28.8 Å². The van der Waals surface area contributed by atoms with Crippen molar-refractivity contribution < 1.29 is 8.81 Å². The zero-order valence-electron chi connectivity index (χ0n) is 8.84. The van der Waals surface area contributed by atoms with Crippen LogP contribution in [0.5, 0.6) is 0 Å². The zero-order valence-corrected chi connectivity index (χ0v) is 9.59. The summed E-state index contributed by atoms with van der Waals surface area (Å²) in [6.07, 6.45) is 2.24. The third-order valence-electron chi connectivity index (χ3n) is 2.32. The van der Waals surface area contributed by atoms with Gasteiger partial charge in [0.05, 0.1) is 6.20 Å². The Kier molecular flexibility index (Phi) is 3.25. The smallest absolute Gasteiger partial charge is 0.196 e. The van der Waals surface area contributed by atoms with Crippen LogP contribution < -0.4 is 0 Å². The van der Waals surface area contributed by atoms with Gasteiger partial charge in [0.2, 0.25) is 0 Å². The molecule has 0 fully saturated rings. The van der Waals surface area contributed by atoms with Crippen LogP contribution in [0.2, 0.25) is 0 Å². The monoisotopic (exact) mass is 239 g/mol. The summed E-state index contributed by atoms with van der Waals surface area (Å²) in [6.45, 7) is 1.84. The molecule has 4 heteroatoms. The molecule has 1 aromatic heterocycles. The zero-order chi connectivity index (χ0) is 11.5. The molecule has 16 heavy (non-hydrogen) atoms. The minimum atomic E-state index is -0.248. The Balaban J connectivity index is 2.35. The van der Waals surface area contributed by atoms with Crippen molar-refractivity contribution >= 4 is 11.6 Å². The van der Waals surface area contributed by atoms with Crippen LogP contribution in [0.25, 0.3) is 11.3 Å². The van der Waals surface area contributed by atoms with Crippen molar-refractivity contribution in [3.8, 4) is 11.3 Å². The molecule has 0 aliphatic heterocycles. The number of hydrogen-bond acceptors (Lipinski definition) is 2. The minimum Gasteiger partial charge on any atom is -0.441 e. The molecule has 0 atom stereocenters. The van der Waals surface area contributed by atoms with E-state index < -0.39 is 0 Å². The Labute approximate surface area is 98.1 Å². The minimum absolute atomic E-state index is 0.248. The molecule has 84 valence electrons. The highest BCUT2D eigenvalue weighted by Crippen LogP contribution is 2.24. The fraction of sp³-hybridized carbons (Fsp3) is 0.250. The molecule has 2 rings (SSSR count). The second-order valence-electron chi connectivity index (χ2n) is 3.52. The van der Waals surface area contributed by atoms with Crippen LogP contribution in [-0.2, 0) is 6.42 Å². The van der Waals surface area contributed by atoms with Gasteiger partial charge in [-0.3, -0.25) is 0 Å². The van der Waals surface area contributed by atoms with E-state index in [-0.39, 0.29) is 5.82 Å². The summed E-state index contributed by atoms with van der Waals surface area (Å²) >= 11 is 5.59. The molecule has 0 aliphatic carbocycles. The number of alkyl halides is 1. The van der Waals surface area contributed by atoms with Crippen molar-refractivity contribution in [3.63, 3.8) is 0 Å². The van der Waals surface area contributed by atoms with Gasteiger partial charge in [-0.2, -0.15) is 0 Å². The number of halogens is 2. The van der Waals surface area contributed by atoms with Gasteiger partial charge in [-0.15, -0.1) is 11.6 Å². The first kappa shape index (κ1) is 11.1. The first-order valence-corrected chi connectivity index (χ1v) is 5.51. The van der Waals surface area contributed by atoms with Gasteiger partial charge in [-0.25, -0.2) is 9.37 Å². The van der Waals surface area contributed by atoms with Gasteiger partial charge in [-0.05, 0) is 30.7 Å². The fourth-order valence-corrected chi connectivity index (χ4v) is 1.70. The molecule has 1 heterocycles. The number of hydrogen-bond donors (Lipinski definition) is 0. The Morgan fingerprint density at radius 1 is 1.44 bits per heavy atom. The standard InChI is InChI=1S/C12H11ClFNO/c1-8-6-9(14)2-3-10(8)11-7-15-12(16-11)4-5-13/h2-3,6-7H,4-5H2,1H3. The number of nitrogens with zero attached hydrogens (tertiary/aromatic N) is 1. The number of aromatic nitrogens is 1. The van der Waals surface area contributed by atoms with Gasteiger partial charge in [0, 0.05) is 17.9 Å². The van der Waals surface area contributed by atoms with Crippen LogP contribution in [-0.4, -0.2) is 10.9 Å². The van der Waals surface area contributed by atoms with Gasteiger partial charge >= 0.3 is 0 Å². The molecule has 0 radical (unpaired) electrons. The lowest BCUT2D eigenvalue weighted by Gasteiger charge is -2.01. The number of oxazole rings is 1. The average molecular weight is 240 g/mol. The Morgan fingerprint density at radius 2 is 2.25 bits per heavy atom. The van der Waals surface area contributed by atoms with E-state index in [4.69, 9.17) is 16.0 Å². The number of aryl methyl sites for hydroxylation is 2. The fourth-order valence-electron chi connectivity index (χ4n) is 1.53. The number of rotatable bonds is 3. The van der Waals surface area contributed by atoms with Gasteiger partial charge in [0.15, 0.2) is 11.7 Å². The summed E-state index contributed by atoms with van der Waals surface area (Å²) in [5.74, 6) is 1.48. The highest BCUT2D eigenvalue weighted by molar-refractivity contribution is 6.17. The maximum absolute atomic E-state index is 12.9. The molecule has 0 spiro atoms. The highest BCUT2D eigenvalue weighted by Gasteiger charge is 2.08. The Bertz CT molecular complexity index is 496. The normalized spacial score (nSPS) is 10.7. The van der Waals surface area contributed by atoms with Gasteiger partial charge in [-0.1, -0.05) is 0 Å². The molecule has 0 amide bonds. The predicted molar refractivity (Wildman–Crippen MR) is 61.1 cm³/mol. The lowest BCUT2D eigenvalue weighted by atomic mass is 10.1. The summed E-state index contributed by atoms with van der Waals surface area (Å²) < 4.78 is 18.4. The predicted octanol–water partition coefficient (Wildman–Crippen LogP) is 3.57. The Morgan fingerprint density at radius 3 is 2.94 bits per heavy atom. The molecule has 0 saturated carbocycles. The SMILES string of the molecule is Cc1cc(F)ccc1-c1cnc(CCCl)o1.